The number of nitrogens with zero attached hydrogens (tertiary/aromatic N) is 2. The molecule has 19 heteroatoms. The molecule has 0 radical (unpaired) electrons. The first-order valence-electron chi connectivity index (χ1n) is 13.8. The van der Waals surface area contributed by atoms with Crippen molar-refractivity contribution < 1.29 is 58.5 Å². The minimum atomic E-state index is -2.71. The molecule has 0 aromatic carbocycles. The number of aliphatic hydroxyl groups excluding tert-OH is 2. The number of esters is 4. The monoisotopic (exact) mass is 737 g/mol. The number of aliphatic hydroxyl groups is 2. The average Bonchev–Trinajstić information content (AvgIpc) is 3.01. The molecule has 0 aliphatic heterocycles. The summed E-state index contributed by atoms with van der Waals surface area (Å²) in [6.07, 6.45) is 0.525. The largest absolute Gasteiger partial charge is 0.469 e. The molecule has 13 nitrogen and oxygen atoms in total. The summed E-state index contributed by atoms with van der Waals surface area (Å²) in [5, 5.41) is 18.8. The van der Waals surface area contributed by atoms with Crippen LogP contribution in [0.5, 0.6) is 0 Å². The van der Waals surface area contributed by atoms with Gasteiger partial charge in [-0.3, -0.25) is 23.6 Å². The van der Waals surface area contributed by atoms with Gasteiger partial charge in [0.15, 0.2) is 0 Å². The van der Waals surface area contributed by atoms with E-state index in [4.69, 9.17) is 39.0 Å². The van der Waals surface area contributed by atoms with Crippen molar-refractivity contribution in [1.82, 2.24) is 9.80 Å². The van der Waals surface area contributed by atoms with Gasteiger partial charge < -0.3 is 43.4 Å². The fraction of sp³-hybridized carbons (Fsp3) is 0.840. The van der Waals surface area contributed by atoms with E-state index >= 15 is 0 Å². The molecule has 44 heavy (non-hydrogen) atoms. The van der Waals surface area contributed by atoms with Crippen LogP contribution in [0.15, 0.2) is 0 Å². The summed E-state index contributed by atoms with van der Waals surface area (Å²) in [5.74, 6) is -1.28. The van der Waals surface area contributed by atoms with Gasteiger partial charge in [-0.15, -0.1) is 33.2 Å². The summed E-state index contributed by atoms with van der Waals surface area (Å²) in [4.78, 5) is 48.5. The molecule has 2 N–H and O–H groups in total. The number of methoxy groups -OCH3 is 4. The minimum Gasteiger partial charge on any atom is -0.469 e. The first kappa shape index (κ1) is 47.3. The molecule has 0 heterocycles. The standard InChI is InChI=1S/C13H27NO7Si.C10H18Cl3NO4Si.CH3F.CH4/c1-19-12(17)4-6-14(7-5-13(18)20-2)8-9-22(10-15,11-16)21-3;1-17-9(15)3-5-14(6-4-10(16)18-2)7-8-19(11,12)13;1-2;/h15-16H,4-11H2,1-3H3;3-8H2,1-2H3;1H3;1H4/i;;1D;. The lowest BCUT2D eigenvalue weighted by Crippen LogP contribution is -2.49. The Morgan fingerprint density at radius 2 is 0.932 bits per heavy atom. The van der Waals surface area contributed by atoms with Crippen LogP contribution in [0.2, 0.25) is 12.1 Å². The second-order valence-corrected chi connectivity index (χ2v) is 22.0. The van der Waals surface area contributed by atoms with Crippen LogP contribution in [0, 0.1) is 0 Å². The van der Waals surface area contributed by atoms with E-state index < -0.39 is 21.5 Å². The topological polar surface area (TPSA) is 161 Å². The maximum Gasteiger partial charge on any atom is 0.342 e. The number of ether oxygens (including phenoxy) is 4. The lowest BCUT2D eigenvalue weighted by atomic mass is 10.3. The van der Waals surface area contributed by atoms with Gasteiger partial charge in [0.1, 0.15) is 0 Å². The van der Waals surface area contributed by atoms with Crippen molar-refractivity contribution >= 4 is 71.4 Å². The third-order valence-electron chi connectivity index (χ3n) is 6.04. The number of carbonyl (C=O) groups is 4. The number of halogens is 4. The van der Waals surface area contributed by atoms with Gasteiger partial charge in [0, 0.05) is 33.3 Å². The number of carbonyl (C=O) groups excluding carboxylic acids is 4. The second kappa shape index (κ2) is 30.6. The summed E-state index contributed by atoms with van der Waals surface area (Å²) in [6.45, 7) is 2.80. The van der Waals surface area contributed by atoms with Gasteiger partial charge in [-0.05, 0) is 25.2 Å². The predicted molar refractivity (Wildman–Crippen MR) is 173 cm³/mol. The Balaban J connectivity index is -0.000000339. The van der Waals surface area contributed by atoms with Gasteiger partial charge in [0.05, 0.1) is 75.1 Å². The van der Waals surface area contributed by atoms with E-state index in [-0.39, 0.29) is 69.4 Å². The van der Waals surface area contributed by atoms with Crippen molar-refractivity contribution in [2.24, 2.45) is 0 Å². The molecule has 0 fully saturated rings. The smallest absolute Gasteiger partial charge is 0.342 e. The molecule has 0 unspecified atom stereocenters. The maximum atomic E-state index is 11.2. The van der Waals surface area contributed by atoms with Crippen LogP contribution in [-0.4, -0.2) is 153 Å². The maximum absolute atomic E-state index is 11.2. The highest BCUT2D eigenvalue weighted by Crippen LogP contribution is 2.25. The van der Waals surface area contributed by atoms with Crippen LogP contribution >= 0.6 is 33.2 Å². The molecule has 0 saturated carbocycles. The Kier molecular flexibility index (Phi) is 32.9. The summed E-state index contributed by atoms with van der Waals surface area (Å²) >= 11 is 17.5. The molecule has 0 spiro atoms. The normalized spacial score (nSPS) is 11.2. The second-order valence-electron chi connectivity index (χ2n) is 8.81. The van der Waals surface area contributed by atoms with Crippen LogP contribution in [0.3, 0.4) is 0 Å². The number of hydrogen-bond donors (Lipinski definition) is 2. The Morgan fingerprint density at radius 1 is 0.659 bits per heavy atom. The van der Waals surface area contributed by atoms with Crippen LogP contribution < -0.4 is 0 Å². The molecule has 0 rings (SSSR count). The van der Waals surface area contributed by atoms with Crippen LogP contribution in [0.25, 0.3) is 0 Å². The lowest BCUT2D eigenvalue weighted by molar-refractivity contribution is -0.142. The van der Waals surface area contributed by atoms with Crippen molar-refractivity contribution in [3.8, 4) is 0 Å². The molecular formula is C25H52Cl3FN2O11Si2. The summed E-state index contributed by atoms with van der Waals surface area (Å²) in [5.41, 5.74) is 0. The molecule has 0 saturated heterocycles. The Labute approximate surface area is 278 Å². The van der Waals surface area contributed by atoms with E-state index in [0.29, 0.717) is 51.4 Å². The molecular weight excluding hydrogens is 686 g/mol. The fourth-order valence-corrected chi connectivity index (χ4v) is 6.10. The lowest BCUT2D eigenvalue weighted by Gasteiger charge is -2.29. The number of rotatable bonds is 21. The molecule has 0 bridgehead atoms. The van der Waals surface area contributed by atoms with Gasteiger partial charge in [0.25, 0.3) is 0 Å². The Bertz CT molecular complexity index is 743. The zero-order valence-corrected chi connectivity index (χ0v) is 29.8. The summed E-state index contributed by atoms with van der Waals surface area (Å²) in [7, 11) is 3.21. The molecule has 264 valence electrons. The quantitative estimate of drug-likeness (QED) is 0.0765. The highest BCUT2D eigenvalue weighted by atomic mass is 35.8. The van der Waals surface area contributed by atoms with Gasteiger partial charge in [-0.2, -0.15) is 0 Å². The van der Waals surface area contributed by atoms with Crippen LogP contribution in [0.1, 0.15) is 34.5 Å². The summed E-state index contributed by atoms with van der Waals surface area (Å²) in [6, 6.07) is -1.76. The van der Waals surface area contributed by atoms with Gasteiger partial charge in [-0.1, -0.05) is 7.43 Å². The SMILES string of the molecule is C.COC(=O)CCN(CCC(=O)OC)CC[Si](CO)(CO)OC.COC(=O)CCN(CCC(=O)OC)CC[Si](Cl)(Cl)Cl.[2H]CF. The average molecular weight is 739 g/mol. The molecule has 0 atom stereocenters. The highest BCUT2D eigenvalue weighted by Gasteiger charge is 2.33. The van der Waals surface area contributed by atoms with Gasteiger partial charge >= 0.3 is 29.9 Å². The molecule has 0 aromatic rings. The summed E-state index contributed by atoms with van der Waals surface area (Å²) < 4.78 is 39.1. The van der Waals surface area contributed by atoms with E-state index in [2.05, 4.69) is 18.9 Å². The molecule has 0 aliphatic rings. The Hall–Kier alpha value is -1.09. The van der Waals surface area contributed by atoms with Crippen molar-refractivity contribution in [3.63, 3.8) is 0 Å². The van der Waals surface area contributed by atoms with Gasteiger partial charge in [-0.25, -0.2) is 0 Å². The zero-order valence-electron chi connectivity index (χ0n) is 26.6. The van der Waals surface area contributed by atoms with Crippen molar-refractivity contribution in [1.29, 1.82) is 0 Å². The third-order valence-corrected chi connectivity index (χ3v) is 11.7. The number of alkyl halides is 1. The van der Waals surface area contributed by atoms with Crippen LogP contribution in [-0.2, 0) is 42.6 Å². The van der Waals surface area contributed by atoms with E-state index in [1.807, 2.05) is 9.80 Å². The van der Waals surface area contributed by atoms with Crippen molar-refractivity contribution in [2.45, 2.75) is 45.2 Å². The highest BCUT2D eigenvalue weighted by molar-refractivity contribution is 7.64. The van der Waals surface area contributed by atoms with Crippen molar-refractivity contribution in [3.05, 3.63) is 0 Å². The zero-order chi connectivity index (χ0) is 34.6. The predicted octanol–water partition coefficient (Wildman–Crippen LogP) is 2.36. The Morgan fingerprint density at radius 3 is 1.14 bits per heavy atom. The van der Waals surface area contributed by atoms with Crippen LogP contribution in [0.4, 0.5) is 4.39 Å². The fourth-order valence-electron chi connectivity index (χ4n) is 3.16. The van der Waals surface area contributed by atoms with E-state index in [0.717, 1.165) is 0 Å². The minimum absolute atomic E-state index is 0. The number of hydrogen-bond acceptors (Lipinski definition) is 13. The molecule has 0 aromatic heterocycles. The first-order chi connectivity index (χ1) is 20.7. The van der Waals surface area contributed by atoms with E-state index in [9.17, 15) is 33.8 Å². The first-order valence-corrected chi connectivity index (χ1v) is 20.8. The van der Waals surface area contributed by atoms with Gasteiger partial charge in [0.2, 0.25) is 8.32 Å². The van der Waals surface area contributed by atoms with E-state index in [1.165, 1.54) is 35.5 Å². The molecule has 0 aliphatic carbocycles. The van der Waals surface area contributed by atoms with E-state index in [1.54, 1.807) is 0 Å². The van der Waals surface area contributed by atoms with Crippen molar-refractivity contribution in [2.75, 3.05) is 94.4 Å². The third kappa shape index (κ3) is 28.4. The molecule has 0 amide bonds.